The van der Waals surface area contributed by atoms with Gasteiger partial charge in [-0.1, -0.05) is 26.2 Å². The van der Waals surface area contributed by atoms with E-state index in [1.54, 1.807) is 0 Å². The quantitative estimate of drug-likeness (QED) is 0.886. The molecule has 0 bridgehead atoms. The molecule has 2 fully saturated rings. The van der Waals surface area contributed by atoms with Crippen LogP contribution in [0.2, 0.25) is 0 Å². The van der Waals surface area contributed by atoms with Crippen LogP contribution in [-0.2, 0) is 6.54 Å². The number of hydrogen-bond acceptors (Lipinski definition) is 3. The summed E-state index contributed by atoms with van der Waals surface area (Å²) in [6.45, 7) is 5.22. The van der Waals surface area contributed by atoms with Crippen LogP contribution in [0.15, 0.2) is 12.3 Å². The summed E-state index contributed by atoms with van der Waals surface area (Å²) in [5.74, 6) is 0. The van der Waals surface area contributed by atoms with Gasteiger partial charge in [-0.25, -0.2) is 0 Å². The fraction of sp³-hybridized carbons (Fsp3) is 0.800. The molecule has 0 atom stereocenters. The second kappa shape index (κ2) is 5.25. The molecular weight excluding hydrogens is 236 g/mol. The molecule has 0 unspecified atom stereocenters. The Balaban J connectivity index is 1.51. The largest absolute Gasteiger partial charge is 0.323 e. The van der Waals surface area contributed by atoms with Gasteiger partial charge in [-0.15, -0.1) is 0 Å². The topological polar surface area (TPSA) is 47.1 Å². The molecule has 106 valence electrons. The van der Waals surface area contributed by atoms with Crippen LogP contribution in [0.5, 0.6) is 0 Å². The van der Waals surface area contributed by atoms with Crippen molar-refractivity contribution in [2.45, 2.75) is 63.6 Å². The number of nitrogens with zero attached hydrogens (tertiary/aromatic N) is 3. The molecule has 1 aromatic heterocycles. The molecule has 1 saturated carbocycles. The molecule has 2 aliphatic rings. The normalized spacial score (nSPS) is 23.7. The molecule has 1 aliphatic heterocycles. The molecule has 4 heteroatoms. The van der Waals surface area contributed by atoms with E-state index >= 15 is 0 Å². The lowest BCUT2D eigenvalue weighted by Gasteiger charge is -2.47. The molecule has 0 aromatic carbocycles. The highest BCUT2D eigenvalue weighted by atomic mass is 15.3. The highest BCUT2D eigenvalue weighted by Crippen LogP contribution is 2.29. The van der Waals surface area contributed by atoms with Crippen LogP contribution < -0.4 is 5.73 Å². The van der Waals surface area contributed by atoms with Crippen molar-refractivity contribution in [2.24, 2.45) is 5.73 Å². The molecule has 19 heavy (non-hydrogen) atoms. The van der Waals surface area contributed by atoms with Gasteiger partial charge in [-0.05, 0) is 25.3 Å². The van der Waals surface area contributed by atoms with Gasteiger partial charge in [0.15, 0.2) is 0 Å². The van der Waals surface area contributed by atoms with Gasteiger partial charge in [-0.2, -0.15) is 5.10 Å². The summed E-state index contributed by atoms with van der Waals surface area (Å²) in [5, 5.41) is 4.74. The molecule has 0 radical (unpaired) electrons. The minimum atomic E-state index is 0.0722. The van der Waals surface area contributed by atoms with Gasteiger partial charge in [0.05, 0.1) is 11.7 Å². The predicted molar refractivity (Wildman–Crippen MR) is 76.8 cm³/mol. The summed E-state index contributed by atoms with van der Waals surface area (Å²) in [7, 11) is 0. The number of hydrogen-bond donors (Lipinski definition) is 1. The van der Waals surface area contributed by atoms with Crippen molar-refractivity contribution in [3.8, 4) is 0 Å². The maximum Gasteiger partial charge on any atom is 0.0764 e. The van der Waals surface area contributed by atoms with Crippen LogP contribution in [0.25, 0.3) is 0 Å². The third kappa shape index (κ3) is 2.84. The average Bonchev–Trinajstić information content (AvgIpc) is 2.96. The summed E-state index contributed by atoms with van der Waals surface area (Å²) in [6, 6.07) is 2.83. The Hall–Kier alpha value is -0.870. The van der Waals surface area contributed by atoms with Crippen molar-refractivity contribution in [2.75, 3.05) is 13.1 Å². The number of rotatable bonds is 5. The summed E-state index contributed by atoms with van der Waals surface area (Å²) in [5.41, 5.74) is 7.57. The van der Waals surface area contributed by atoms with Crippen LogP contribution in [0.3, 0.4) is 0 Å². The SMILES string of the molecule is CCCC1(N)CN(Cc2ccn(C3CCCC3)n2)C1. The number of likely N-dealkylation sites (tertiary alicyclic amines) is 1. The molecule has 0 amide bonds. The number of nitrogens with two attached hydrogens (primary N) is 1. The molecule has 1 aliphatic carbocycles. The Labute approximate surface area is 116 Å². The maximum absolute atomic E-state index is 6.29. The fourth-order valence-electron chi connectivity index (χ4n) is 3.68. The second-order valence-corrected chi connectivity index (χ2v) is 6.48. The molecule has 4 nitrogen and oxygen atoms in total. The first kappa shape index (κ1) is 13.1. The molecule has 3 rings (SSSR count). The van der Waals surface area contributed by atoms with Crippen molar-refractivity contribution < 1.29 is 0 Å². The molecule has 1 aromatic rings. The van der Waals surface area contributed by atoms with E-state index in [2.05, 4.69) is 28.8 Å². The smallest absolute Gasteiger partial charge is 0.0764 e. The molecule has 2 heterocycles. The Bertz CT molecular complexity index is 414. The second-order valence-electron chi connectivity index (χ2n) is 6.48. The predicted octanol–water partition coefficient (Wildman–Crippen LogP) is 2.31. The van der Waals surface area contributed by atoms with Crippen molar-refractivity contribution >= 4 is 0 Å². The van der Waals surface area contributed by atoms with Crippen molar-refractivity contribution in [3.05, 3.63) is 18.0 Å². The van der Waals surface area contributed by atoms with E-state index in [1.807, 2.05) is 0 Å². The third-order valence-corrected chi connectivity index (χ3v) is 4.57. The van der Waals surface area contributed by atoms with Crippen LogP contribution in [0.1, 0.15) is 57.2 Å². The Morgan fingerprint density at radius 3 is 2.79 bits per heavy atom. The lowest BCUT2D eigenvalue weighted by molar-refractivity contribution is 0.0554. The molecular formula is C15H26N4. The molecule has 0 spiro atoms. The van der Waals surface area contributed by atoms with Crippen molar-refractivity contribution in [3.63, 3.8) is 0 Å². The van der Waals surface area contributed by atoms with Crippen LogP contribution in [-0.4, -0.2) is 33.3 Å². The molecule has 1 saturated heterocycles. The molecule has 2 N–H and O–H groups in total. The zero-order valence-corrected chi connectivity index (χ0v) is 12.0. The summed E-state index contributed by atoms with van der Waals surface area (Å²) >= 11 is 0. The van der Waals surface area contributed by atoms with Crippen LogP contribution in [0, 0.1) is 0 Å². The van der Waals surface area contributed by atoms with E-state index < -0.39 is 0 Å². The van der Waals surface area contributed by atoms with Crippen molar-refractivity contribution in [1.82, 2.24) is 14.7 Å². The first-order valence-corrected chi connectivity index (χ1v) is 7.74. The van der Waals surface area contributed by atoms with Gasteiger partial charge < -0.3 is 5.73 Å². The van der Waals surface area contributed by atoms with E-state index in [0.717, 1.165) is 26.1 Å². The van der Waals surface area contributed by atoms with Gasteiger partial charge in [0.25, 0.3) is 0 Å². The van der Waals surface area contributed by atoms with E-state index in [9.17, 15) is 0 Å². The van der Waals surface area contributed by atoms with Gasteiger partial charge in [0.1, 0.15) is 0 Å². The lowest BCUT2D eigenvalue weighted by Crippen LogP contribution is -2.66. The number of aromatic nitrogens is 2. The van der Waals surface area contributed by atoms with Crippen LogP contribution in [0.4, 0.5) is 0 Å². The minimum absolute atomic E-state index is 0.0722. The van der Waals surface area contributed by atoms with Gasteiger partial charge >= 0.3 is 0 Å². The van der Waals surface area contributed by atoms with Gasteiger partial charge in [0, 0.05) is 31.4 Å². The third-order valence-electron chi connectivity index (χ3n) is 4.57. The van der Waals surface area contributed by atoms with E-state index in [-0.39, 0.29) is 5.54 Å². The van der Waals surface area contributed by atoms with E-state index in [4.69, 9.17) is 10.8 Å². The van der Waals surface area contributed by atoms with Gasteiger partial charge in [0.2, 0.25) is 0 Å². The van der Waals surface area contributed by atoms with E-state index in [0.29, 0.717) is 6.04 Å². The monoisotopic (exact) mass is 262 g/mol. The van der Waals surface area contributed by atoms with Gasteiger partial charge in [-0.3, -0.25) is 9.58 Å². The lowest BCUT2D eigenvalue weighted by atomic mass is 9.86. The first-order chi connectivity index (χ1) is 9.18. The Kier molecular flexibility index (Phi) is 3.63. The average molecular weight is 262 g/mol. The zero-order chi connectivity index (χ0) is 13.3. The summed E-state index contributed by atoms with van der Waals surface area (Å²) in [6.07, 6.45) is 9.80. The Morgan fingerprint density at radius 1 is 1.37 bits per heavy atom. The fourth-order valence-corrected chi connectivity index (χ4v) is 3.68. The van der Waals surface area contributed by atoms with Crippen LogP contribution >= 0.6 is 0 Å². The summed E-state index contributed by atoms with van der Waals surface area (Å²) < 4.78 is 2.18. The maximum atomic E-state index is 6.29. The Morgan fingerprint density at radius 2 is 2.11 bits per heavy atom. The van der Waals surface area contributed by atoms with Crippen molar-refractivity contribution in [1.29, 1.82) is 0 Å². The standard InChI is InChI=1S/C15H26N4/c1-2-8-15(16)11-18(12-15)10-13-7-9-19(17-13)14-5-3-4-6-14/h7,9,14H,2-6,8,10-12,16H2,1H3. The highest BCUT2D eigenvalue weighted by molar-refractivity contribution is 5.05. The summed E-state index contributed by atoms with van der Waals surface area (Å²) in [4.78, 5) is 2.41. The highest BCUT2D eigenvalue weighted by Gasteiger charge is 2.38. The first-order valence-electron chi connectivity index (χ1n) is 7.74. The van der Waals surface area contributed by atoms with E-state index in [1.165, 1.54) is 37.8 Å². The zero-order valence-electron chi connectivity index (χ0n) is 12.0. The minimum Gasteiger partial charge on any atom is -0.323 e.